The molecule has 0 aliphatic carbocycles. The standard InChI is InChI=1S/C18H15BrN4S2/c19-15-8-7-14(25-15)17-16(13-6-2-4-10-21-13)22-18(24)23(17)11-12-5-1-3-9-20-12/h1-10,16-17H,11H2,(H,22,24)/t16-,17-/m0/s1. The van der Waals surface area contributed by atoms with E-state index in [1.165, 1.54) is 4.88 Å². The second-order valence-electron chi connectivity index (χ2n) is 5.72. The van der Waals surface area contributed by atoms with E-state index in [1.54, 1.807) is 11.3 Å². The SMILES string of the molecule is S=C1N[C@@H](c2ccccn2)[C@H](c2ccc(Br)s2)N1Cc1ccccn1. The normalized spacial score (nSPS) is 19.9. The lowest BCUT2D eigenvalue weighted by Gasteiger charge is -2.26. The minimum atomic E-state index is 0.0166. The number of nitrogens with zero attached hydrogens (tertiary/aromatic N) is 3. The van der Waals surface area contributed by atoms with Crippen LogP contribution in [0.4, 0.5) is 0 Å². The average molecular weight is 431 g/mol. The first-order chi connectivity index (χ1) is 12.2. The van der Waals surface area contributed by atoms with Gasteiger partial charge >= 0.3 is 0 Å². The molecule has 3 aromatic rings. The van der Waals surface area contributed by atoms with Crippen molar-refractivity contribution in [2.75, 3.05) is 0 Å². The second-order valence-corrected chi connectivity index (χ2v) is 8.60. The van der Waals surface area contributed by atoms with Gasteiger partial charge in [0.1, 0.15) is 0 Å². The molecule has 0 unspecified atom stereocenters. The molecule has 0 amide bonds. The van der Waals surface area contributed by atoms with Crippen molar-refractivity contribution in [3.8, 4) is 0 Å². The summed E-state index contributed by atoms with van der Waals surface area (Å²) in [5.74, 6) is 0. The van der Waals surface area contributed by atoms with E-state index in [2.05, 4.69) is 48.2 Å². The summed E-state index contributed by atoms with van der Waals surface area (Å²) in [6.45, 7) is 0.663. The van der Waals surface area contributed by atoms with Crippen LogP contribution in [0.2, 0.25) is 0 Å². The molecule has 1 N–H and O–H groups in total. The Morgan fingerprint density at radius 1 is 1.08 bits per heavy atom. The highest BCUT2D eigenvalue weighted by atomic mass is 79.9. The Morgan fingerprint density at radius 3 is 2.52 bits per heavy atom. The molecule has 0 saturated carbocycles. The lowest BCUT2D eigenvalue weighted by Crippen LogP contribution is -2.29. The minimum Gasteiger partial charge on any atom is -0.352 e. The Labute approximate surface area is 164 Å². The summed E-state index contributed by atoms with van der Waals surface area (Å²) in [7, 11) is 0. The van der Waals surface area contributed by atoms with Crippen molar-refractivity contribution in [3.63, 3.8) is 0 Å². The maximum absolute atomic E-state index is 5.65. The molecule has 1 fully saturated rings. The first-order valence-electron chi connectivity index (χ1n) is 7.85. The maximum atomic E-state index is 5.65. The van der Waals surface area contributed by atoms with Gasteiger partial charge in [0, 0.05) is 17.3 Å². The van der Waals surface area contributed by atoms with Gasteiger partial charge in [0.25, 0.3) is 0 Å². The van der Waals surface area contributed by atoms with Gasteiger partial charge in [0.2, 0.25) is 0 Å². The minimum absolute atomic E-state index is 0.0166. The van der Waals surface area contributed by atoms with Crippen LogP contribution < -0.4 is 5.32 Å². The largest absolute Gasteiger partial charge is 0.352 e. The average Bonchev–Trinajstić information content (AvgIpc) is 3.20. The summed E-state index contributed by atoms with van der Waals surface area (Å²) in [5.41, 5.74) is 1.98. The summed E-state index contributed by atoms with van der Waals surface area (Å²) in [5, 5.41) is 4.19. The van der Waals surface area contributed by atoms with Crippen LogP contribution in [0.25, 0.3) is 0 Å². The molecule has 0 aromatic carbocycles. The van der Waals surface area contributed by atoms with Crippen LogP contribution in [0.3, 0.4) is 0 Å². The van der Waals surface area contributed by atoms with Gasteiger partial charge in [-0.1, -0.05) is 12.1 Å². The quantitative estimate of drug-likeness (QED) is 0.618. The first-order valence-corrected chi connectivity index (χ1v) is 9.87. The van der Waals surface area contributed by atoms with Gasteiger partial charge in [-0.2, -0.15) is 0 Å². The second kappa shape index (κ2) is 7.19. The van der Waals surface area contributed by atoms with Gasteiger partial charge in [-0.25, -0.2) is 0 Å². The Balaban J connectivity index is 1.72. The van der Waals surface area contributed by atoms with Gasteiger partial charge in [0.15, 0.2) is 5.11 Å². The molecule has 2 atom stereocenters. The van der Waals surface area contributed by atoms with Gasteiger partial charge in [-0.15, -0.1) is 11.3 Å². The smallest absolute Gasteiger partial charge is 0.170 e. The van der Waals surface area contributed by atoms with E-state index in [4.69, 9.17) is 12.2 Å². The summed E-state index contributed by atoms with van der Waals surface area (Å²) >= 11 is 11.0. The zero-order chi connectivity index (χ0) is 17.2. The summed E-state index contributed by atoms with van der Waals surface area (Å²) < 4.78 is 1.11. The monoisotopic (exact) mass is 430 g/mol. The van der Waals surface area contributed by atoms with E-state index in [1.807, 2.05) is 48.8 Å². The number of thiocarbonyl (C=S) groups is 1. The molecule has 4 heterocycles. The number of hydrogen-bond acceptors (Lipinski definition) is 4. The third kappa shape index (κ3) is 3.44. The molecule has 7 heteroatoms. The summed E-state index contributed by atoms with van der Waals surface area (Å²) in [6.07, 6.45) is 3.64. The Bertz CT molecular complexity index is 869. The molecular formula is C18H15BrN4S2. The highest BCUT2D eigenvalue weighted by Gasteiger charge is 2.40. The third-order valence-electron chi connectivity index (χ3n) is 4.14. The van der Waals surface area contributed by atoms with Crippen LogP contribution in [-0.2, 0) is 6.54 Å². The predicted molar refractivity (Wildman–Crippen MR) is 107 cm³/mol. The van der Waals surface area contributed by atoms with Crippen LogP contribution in [0.5, 0.6) is 0 Å². The fraction of sp³-hybridized carbons (Fsp3) is 0.167. The number of hydrogen-bond donors (Lipinski definition) is 1. The zero-order valence-corrected chi connectivity index (χ0v) is 16.4. The molecule has 4 rings (SSSR count). The van der Waals surface area contributed by atoms with Crippen molar-refractivity contribution in [1.29, 1.82) is 0 Å². The topological polar surface area (TPSA) is 41.1 Å². The van der Waals surface area contributed by atoms with E-state index in [0.717, 1.165) is 20.3 Å². The number of thiophene rings is 1. The van der Waals surface area contributed by atoms with Crippen molar-refractivity contribution in [2.45, 2.75) is 18.6 Å². The lowest BCUT2D eigenvalue weighted by molar-refractivity contribution is 0.312. The Hall–Kier alpha value is -1.83. The van der Waals surface area contributed by atoms with Crippen LogP contribution in [0.15, 0.2) is 64.7 Å². The predicted octanol–water partition coefficient (Wildman–Crippen LogP) is 4.47. The molecule has 126 valence electrons. The highest BCUT2D eigenvalue weighted by Crippen LogP contribution is 2.42. The third-order valence-corrected chi connectivity index (χ3v) is 6.19. The molecule has 1 aliphatic rings. The first kappa shape index (κ1) is 16.6. The van der Waals surface area contributed by atoms with Crippen molar-refractivity contribution in [1.82, 2.24) is 20.2 Å². The van der Waals surface area contributed by atoms with Gasteiger partial charge in [0.05, 0.1) is 33.8 Å². The van der Waals surface area contributed by atoms with Crippen molar-refractivity contribution >= 4 is 44.6 Å². The Morgan fingerprint density at radius 2 is 1.88 bits per heavy atom. The fourth-order valence-electron chi connectivity index (χ4n) is 3.04. The summed E-state index contributed by atoms with van der Waals surface area (Å²) in [4.78, 5) is 12.5. The van der Waals surface area contributed by atoms with Crippen molar-refractivity contribution < 1.29 is 0 Å². The van der Waals surface area contributed by atoms with E-state index in [-0.39, 0.29) is 12.1 Å². The highest BCUT2D eigenvalue weighted by molar-refractivity contribution is 9.11. The van der Waals surface area contributed by atoms with Crippen molar-refractivity contribution in [2.24, 2.45) is 0 Å². The van der Waals surface area contributed by atoms with Crippen LogP contribution >= 0.6 is 39.5 Å². The fourth-order valence-corrected chi connectivity index (χ4v) is 4.92. The molecule has 25 heavy (non-hydrogen) atoms. The molecule has 3 aromatic heterocycles. The number of halogens is 1. The number of nitrogens with one attached hydrogen (secondary N) is 1. The number of pyridine rings is 2. The van der Waals surface area contributed by atoms with E-state index >= 15 is 0 Å². The van der Waals surface area contributed by atoms with E-state index < -0.39 is 0 Å². The Kier molecular flexibility index (Phi) is 4.78. The van der Waals surface area contributed by atoms with Crippen LogP contribution in [0.1, 0.15) is 28.3 Å². The number of rotatable bonds is 4. The molecule has 0 bridgehead atoms. The van der Waals surface area contributed by atoms with Gasteiger partial charge in [-0.05, 0) is 64.5 Å². The van der Waals surface area contributed by atoms with Crippen LogP contribution in [0, 0.1) is 0 Å². The van der Waals surface area contributed by atoms with Crippen molar-refractivity contribution in [3.05, 3.63) is 81.0 Å². The van der Waals surface area contributed by atoms with Gasteiger partial charge in [-0.3, -0.25) is 9.97 Å². The summed E-state index contributed by atoms with van der Waals surface area (Å²) in [6, 6.07) is 16.3. The number of aromatic nitrogens is 2. The molecule has 0 radical (unpaired) electrons. The molecule has 4 nitrogen and oxygen atoms in total. The molecule has 0 spiro atoms. The van der Waals surface area contributed by atoms with E-state index in [9.17, 15) is 0 Å². The molecule has 1 aliphatic heterocycles. The molecule has 1 saturated heterocycles. The van der Waals surface area contributed by atoms with Crippen LogP contribution in [-0.4, -0.2) is 20.0 Å². The maximum Gasteiger partial charge on any atom is 0.170 e. The van der Waals surface area contributed by atoms with E-state index in [0.29, 0.717) is 6.54 Å². The molecular weight excluding hydrogens is 416 g/mol. The lowest BCUT2D eigenvalue weighted by atomic mass is 10.0. The zero-order valence-electron chi connectivity index (χ0n) is 13.2. The van der Waals surface area contributed by atoms with Gasteiger partial charge < -0.3 is 10.2 Å².